The van der Waals surface area contributed by atoms with Gasteiger partial charge in [0.2, 0.25) is 0 Å². The molecule has 1 aliphatic heterocycles. The van der Waals surface area contributed by atoms with Crippen molar-refractivity contribution < 1.29 is 0 Å². The number of hydrogen-bond donors (Lipinski definition) is 0. The van der Waals surface area contributed by atoms with Crippen LogP contribution >= 0.6 is 11.8 Å². The summed E-state index contributed by atoms with van der Waals surface area (Å²) in [6.07, 6.45) is 3.09. The number of rotatable bonds is 5. The van der Waals surface area contributed by atoms with Crippen LogP contribution < -0.4 is 0 Å². The van der Waals surface area contributed by atoms with E-state index in [1.807, 2.05) is 6.07 Å². The van der Waals surface area contributed by atoms with Gasteiger partial charge in [0, 0.05) is 16.0 Å². The second kappa shape index (κ2) is 13.5. The Hall–Kier alpha value is -6.88. The van der Waals surface area contributed by atoms with Crippen LogP contribution in [0.4, 0.5) is 0 Å². The van der Waals surface area contributed by atoms with E-state index in [1.165, 1.54) is 59.1 Å². The summed E-state index contributed by atoms with van der Waals surface area (Å²) in [5, 5.41) is 10.1. The molecule has 0 unspecified atom stereocenters. The zero-order chi connectivity index (χ0) is 37.0. The van der Waals surface area contributed by atoms with Crippen LogP contribution in [0.15, 0.2) is 193 Å². The topological polar surface area (TPSA) is 38.7 Å². The minimum atomic E-state index is 0.652. The van der Waals surface area contributed by atoms with E-state index < -0.39 is 0 Å². The molecule has 1 aromatic heterocycles. The molecule has 1 aliphatic rings. The molecule has 0 amide bonds. The van der Waals surface area contributed by atoms with Crippen molar-refractivity contribution in [3.63, 3.8) is 0 Å². The highest BCUT2D eigenvalue weighted by Gasteiger charge is 2.20. The first-order valence-electron chi connectivity index (χ1n) is 19.0. The molecule has 0 fully saturated rings. The standard InChI is InChI=1S/C52H33N3S/c1-2-14-33(15-3-1)35-17-12-19-37(30-35)50-53-51(55-52(54-50)48-29-28-34-16-4-11-27-47(34)56-48)38-20-13-18-36(31-38)45-32-46-41-23-6-5-21-39(41)40-22-7-9-25-43(40)49(46)44-26-10-8-24-42(44)45/h1-27,29-32H,28H2. The molecule has 56 heavy (non-hydrogen) atoms. The molecule has 0 bridgehead atoms. The predicted octanol–water partition coefficient (Wildman–Crippen LogP) is 13.8. The summed E-state index contributed by atoms with van der Waals surface area (Å²) < 4.78 is 0. The van der Waals surface area contributed by atoms with E-state index in [2.05, 4.69) is 182 Å². The van der Waals surface area contributed by atoms with E-state index in [-0.39, 0.29) is 0 Å². The summed E-state index contributed by atoms with van der Waals surface area (Å²) in [5.74, 6) is 2.00. The van der Waals surface area contributed by atoms with Crippen LogP contribution in [0, 0.1) is 0 Å². The van der Waals surface area contributed by atoms with E-state index in [1.54, 1.807) is 11.8 Å². The third-order valence-electron chi connectivity index (χ3n) is 11.0. The third kappa shape index (κ3) is 5.57. The van der Waals surface area contributed by atoms with Crippen LogP contribution in [0.5, 0.6) is 0 Å². The molecular weight excluding hydrogens is 699 g/mol. The van der Waals surface area contributed by atoms with Crippen LogP contribution in [0.2, 0.25) is 0 Å². The van der Waals surface area contributed by atoms with Gasteiger partial charge in [0.25, 0.3) is 0 Å². The van der Waals surface area contributed by atoms with Gasteiger partial charge in [-0.05, 0) is 102 Å². The molecule has 2 heterocycles. The van der Waals surface area contributed by atoms with Crippen LogP contribution in [-0.4, -0.2) is 15.0 Å². The van der Waals surface area contributed by atoms with Crippen molar-refractivity contribution >= 4 is 59.8 Å². The van der Waals surface area contributed by atoms with Gasteiger partial charge >= 0.3 is 0 Å². The van der Waals surface area contributed by atoms with Crippen molar-refractivity contribution in [2.24, 2.45) is 0 Å². The van der Waals surface area contributed by atoms with Gasteiger partial charge in [0.15, 0.2) is 17.5 Å². The lowest BCUT2D eigenvalue weighted by molar-refractivity contribution is 1.04. The van der Waals surface area contributed by atoms with Crippen molar-refractivity contribution in [1.29, 1.82) is 0 Å². The van der Waals surface area contributed by atoms with Crippen LogP contribution in [-0.2, 0) is 6.42 Å². The Bertz CT molecular complexity index is 3200. The average Bonchev–Trinajstić information content (AvgIpc) is 3.28. The summed E-state index contributed by atoms with van der Waals surface area (Å²) in [4.78, 5) is 17.9. The molecular formula is C52H33N3S. The molecule has 9 aromatic carbocycles. The highest BCUT2D eigenvalue weighted by Crippen LogP contribution is 2.44. The maximum absolute atomic E-state index is 5.22. The van der Waals surface area contributed by atoms with Crippen LogP contribution in [0.25, 0.3) is 93.0 Å². The highest BCUT2D eigenvalue weighted by molar-refractivity contribution is 8.08. The third-order valence-corrected chi connectivity index (χ3v) is 12.2. The lowest BCUT2D eigenvalue weighted by atomic mass is 9.87. The molecule has 0 saturated carbocycles. The summed E-state index contributed by atoms with van der Waals surface area (Å²) in [6, 6.07) is 65.1. The van der Waals surface area contributed by atoms with Crippen molar-refractivity contribution in [2.45, 2.75) is 11.3 Å². The van der Waals surface area contributed by atoms with Gasteiger partial charge in [-0.25, -0.2) is 15.0 Å². The second-order valence-electron chi connectivity index (χ2n) is 14.3. The SMILES string of the molecule is C1=C(c2nc(-c3cccc(-c4ccccc4)c3)nc(-c3cccc(-c4cc5c6ccccc6c6ccccc6c5c5ccccc45)c3)n2)Sc2ccccc2C1. The summed E-state index contributed by atoms with van der Waals surface area (Å²) >= 11 is 1.73. The van der Waals surface area contributed by atoms with Crippen molar-refractivity contribution in [3.8, 4) is 45.0 Å². The summed E-state index contributed by atoms with van der Waals surface area (Å²) in [7, 11) is 0. The first kappa shape index (κ1) is 32.5. The zero-order valence-corrected chi connectivity index (χ0v) is 31.2. The Morgan fingerprint density at radius 2 is 0.857 bits per heavy atom. The van der Waals surface area contributed by atoms with Gasteiger partial charge in [0.05, 0.1) is 4.91 Å². The quantitative estimate of drug-likeness (QED) is 0.165. The number of benzene rings is 9. The maximum Gasteiger partial charge on any atom is 0.170 e. The van der Waals surface area contributed by atoms with E-state index in [0.717, 1.165) is 39.1 Å². The Balaban J connectivity index is 1.10. The van der Waals surface area contributed by atoms with Crippen LogP contribution in [0.3, 0.4) is 0 Å². The van der Waals surface area contributed by atoms with Crippen molar-refractivity contribution in [2.75, 3.05) is 0 Å². The number of thioether (sulfide) groups is 1. The summed E-state index contributed by atoms with van der Waals surface area (Å²) in [6.45, 7) is 0. The van der Waals surface area contributed by atoms with E-state index >= 15 is 0 Å². The van der Waals surface area contributed by atoms with Crippen molar-refractivity contribution in [3.05, 3.63) is 199 Å². The van der Waals surface area contributed by atoms with Gasteiger partial charge < -0.3 is 0 Å². The molecule has 0 saturated heterocycles. The molecule has 10 aromatic rings. The normalized spacial score (nSPS) is 12.6. The molecule has 0 aliphatic carbocycles. The summed E-state index contributed by atoms with van der Waals surface area (Å²) in [5.41, 5.74) is 7.80. The molecule has 0 N–H and O–H groups in total. The zero-order valence-electron chi connectivity index (χ0n) is 30.4. The van der Waals surface area contributed by atoms with E-state index in [9.17, 15) is 0 Å². The molecule has 4 heteroatoms. The minimum absolute atomic E-state index is 0.652. The fourth-order valence-electron chi connectivity index (χ4n) is 8.32. The Morgan fingerprint density at radius 1 is 0.357 bits per heavy atom. The number of nitrogens with zero attached hydrogens (tertiary/aromatic N) is 3. The van der Waals surface area contributed by atoms with Gasteiger partial charge in [-0.1, -0.05) is 176 Å². The molecule has 0 radical (unpaired) electrons. The Labute approximate surface area is 329 Å². The molecule has 11 rings (SSSR count). The lowest BCUT2D eigenvalue weighted by Gasteiger charge is -2.17. The monoisotopic (exact) mass is 731 g/mol. The maximum atomic E-state index is 5.22. The number of aromatic nitrogens is 3. The first-order valence-corrected chi connectivity index (χ1v) is 19.8. The molecule has 3 nitrogen and oxygen atoms in total. The first-order chi connectivity index (χ1) is 27.7. The van der Waals surface area contributed by atoms with Gasteiger partial charge in [-0.3, -0.25) is 0 Å². The fraction of sp³-hybridized carbons (Fsp3) is 0.0192. The van der Waals surface area contributed by atoms with Gasteiger partial charge in [-0.2, -0.15) is 0 Å². The average molecular weight is 732 g/mol. The Morgan fingerprint density at radius 3 is 1.59 bits per heavy atom. The molecule has 0 atom stereocenters. The largest absolute Gasteiger partial charge is 0.208 e. The number of fused-ring (bicyclic) bond motifs is 9. The molecule has 0 spiro atoms. The number of allylic oxidation sites excluding steroid dienone is 1. The number of hydrogen-bond acceptors (Lipinski definition) is 4. The van der Waals surface area contributed by atoms with E-state index in [0.29, 0.717) is 17.5 Å². The van der Waals surface area contributed by atoms with Crippen LogP contribution in [0.1, 0.15) is 11.4 Å². The lowest BCUT2D eigenvalue weighted by Crippen LogP contribution is -2.04. The predicted molar refractivity (Wildman–Crippen MR) is 236 cm³/mol. The fourth-order valence-corrected chi connectivity index (χ4v) is 9.33. The Kier molecular flexibility index (Phi) is 7.82. The van der Waals surface area contributed by atoms with Crippen molar-refractivity contribution in [1.82, 2.24) is 15.0 Å². The molecule has 262 valence electrons. The minimum Gasteiger partial charge on any atom is -0.208 e. The van der Waals surface area contributed by atoms with E-state index in [4.69, 9.17) is 15.0 Å². The van der Waals surface area contributed by atoms with Gasteiger partial charge in [0.1, 0.15) is 0 Å². The second-order valence-corrected chi connectivity index (χ2v) is 15.4. The smallest absolute Gasteiger partial charge is 0.170 e. The highest BCUT2D eigenvalue weighted by atomic mass is 32.2. The van der Waals surface area contributed by atoms with Gasteiger partial charge in [-0.15, -0.1) is 0 Å².